The number of benzene rings is 1. The molecule has 1 aromatic rings. The second-order valence-electron chi connectivity index (χ2n) is 8.70. The van der Waals surface area contributed by atoms with Crippen LogP contribution in [0.25, 0.3) is 0 Å². The number of fused-ring (bicyclic) bond motifs is 1. The van der Waals surface area contributed by atoms with Gasteiger partial charge in [-0.1, -0.05) is 12.1 Å². The van der Waals surface area contributed by atoms with Crippen molar-refractivity contribution in [3.05, 3.63) is 29.8 Å². The maximum atomic E-state index is 12.6. The van der Waals surface area contributed by atoms with Crippen LogP contribution >= 0.6 is 0 Å². The quantitative estimate of drug-likeness (QED) is 0.483. The molecule has 3 heterocycles. The zero-order valence-corrected chi connectivity index (χ0v) is 19.2. The molecule has 0 unspecified atom stereocenters. The van der Waals surface area contributed by atoms with Crippen LogP contribution in [0, 0.1) is 0 Å². The summed E-state index contributed by atoms with van der Waals surface area (Å²) in [5.41, 5.74) is 1.22. The lowest BCUT2D eigenvalue weighted by Crippen LogP contribution is -2.58. The fourth-order valence-corrected chi connectivity index (χ4v) is 4.76. The van der Waals surface area contributed by atoms with Crippen LogP contribution in [0.3, 0.4) is 0 Å². The fraction of sp³-hybridized carbons (Fsp3) is 0.667. The Hall–Kier alpha value is -2.16. The van der Waals surface area contributed by atoms with Gasteiger partial charge in [0.25, 0.3) is 6.47 Å². The van der Waals surface area contributed by atoms with Crippen LogP contribution in [-0.4, -0.2) is 96.8 Å². The Bertz CT molecular complexity index is 725. The number of amides is 1. The highest BCUT2D eigenvalue weighted by molar-refractivity contribution is 5.83. The molecule has 3 saturated heterocycles. The van der Waals surface area contributed by atoms with Gasteiger partial charge in [0, 0.05) is 38.8 Å². The number of hydrogen-bond acceptors (Lipinski definition) is 6. The van der Waals surface area contributed by atoms with Crippen molar-refractivity contribution in [1.82, 2.24) is 14.7 Å². The summed E-state index contributed by atoms with van der Waals surface area (Å²) in [5.74, 6) is 1.23. The zero-order valence-electron chi connectivity index (χ0n) is 19.2. The van der Waals surface area contributed by atoms with E-state index in [1.54, 1.807) is 0 Å². The summed E-state index contributed by atoms with van der Waals surface area (Å²) in [6, 6.07) is 8.76. The van der Waals surface area contributed by atoms with Crippen molar-refractivity contribution < 1.29 is 24.2 Å². The number of ether oxygens (including phenoxy) is 2. The lowest BCUT2D eigenvalue weighted by atomic mass is 10.1. The average Bonchev–Trinajstić information content (AvgIpc) is 3.27. The third-order valence-corrected chi connectivity index (χ3v) is 6.54. The zero-order chi connectivity index (χ0) is 22.8. The van der Waals surface area contributed by atoms with Gasteiger partial charge >= 0.3 is 0 Å². The van der Waals surface area contributed by atoms with Crippen LogP contribution in [0.2, 0.25) is 0 Å². The van der Waals surface area contributed by atoms with Crippen molar-refractivity contribution in [1.29, 1.82) is 0 Å². The summed E-state index contributed by atoms with van der Waals surface area (Å²) < 4.78 is 11.4. The predicted octanol–water partition coefficient (Wildman–Crippen LogP) is 2.07. The molecular weight excluding hydrogens is 410 g/mol. The van der Waals surface area contributed by atoms with E-state index < -0.39 is 0 Å². The number of carboxylic acid groups (broad SMARTS) is 1. The fourth-order valence-electron chi connectivity index (χ4n) is 4.76. The Morgan fingerprint density at radius 3 is 2.78 bits per heavy atom. The number of nitrogens with zero attached hydrogens (tertiary/aromatic N) is 3. The first-order chi connectivity index (χ1) is 15.6. The molecule has 1 aromatic carbocycles. The lowest BCUT2D eigenvalue weighted by Gasteiger charge is -2.41. The molecule has 1 amide bonds. The number of rotatable bonds is 8. The number of unbranched alkanes of at least 4 members (excludes halogenated alkanes) is 1. The van der Waals surface area contributed by atoms with Gasteiger partial charge in [-0.3, -0.25) is 19.4 Å². The molecule has 0 bridgehead atoms. The van der Waals surface area contributed by atoms with Crippen molar-refractivity contribution >= 4 is 12.4 Å². The molecule has 2 atom stereocenters. The van der Waals surface area contributed by atoms with Crippen molar-refractivity contribution in [2.75, 3.05) is 52.5 Å². The van der Waals surface area contributed by atoms with E-state index >= 15 is 0 Å². The molecule has 3 aliphatic rings. The predicted molar refractivity (Wildman–Crippen MR) is 122 cm³/mol. The molecule has 8 nitrogen and oxygen atoms in total. The SMILES string of the molecule is C[C@@H]1C(=O)N2CCC[C@@H]2CN1Cc1cccc(OCCCCN2CCOCC2)c1.O=CO. The summed E-state index contributed by atoms with van der Waals surface area (Å²) in [6.07, 6.45) is 4.51. The summed E-state index contributed by atoms with van der Waals surface area (Å²) in [5, 5.41) is 6.89. The molecule has 0 spiro atoms. The monoisotopic (exact) mass is 447 g/mol. The molecule has 8 heteroatoms. The van der Waals surface area contributed by atoms with E-state index in [-0.39, 0.29) is 12.5 Å². The second kappa shape index (κ2) is 12.8. The second-order valence-corrected chi connectivity index (χ2v) is 8.70. The van der Waals surface area contributed by atoms with E-state index in [1.165, 1.54) is 5.56 Å². The van der Waals surface area contributed by atoms with E-state index in [0.29, 0.717) is 11.9 Å². The largest absolute Gasteiger partial charge is 0.494 e. The third kappa shape index (κ3) is 6.92. The number of piperazine rings is 1. The Labute approximate surface area is 191 Å². The molecular formula is C24H37N3O5. The molecule has 0 aliphatic carbocycles. The Kier molecular flexibility index (Phi) is 9.77. The van der Waals surface area contributed by atoms with Gasteiger partial charge in [-0.15, -0.1) is 0 Å². The first-order valence-electron chi connectivity index (χ1n) is 11.8. The summed E-state index contributed by atoms with van der Waals surface area (Å²) in [6.45, 7) is 10.3. The first kappa shape index (κ1) is 24.5. The van der Waals surface area contributed by atoms with Gasteiger partial charge in [0.2, 0.25) is 5.91 Å². The highest BCUT2D eigenvalue weighted by Crippen LogP contribution is 2.27. The van der Waals surface area contributed by atoms with Gasteiger partial charge in [0.05, 0.1) is 25.9 Å². The van der Waals surface area contributed by atoms with Gasteiger partial charge in [-0.2, -0.15) is 0 Å². The van der Waals surface area contributed by atoms with E-state index in [9.17, 15) is 4.79 Å². The standard InChI is InChI=1S/C23H35N3O3.CH2O2/c1-19-23(27)26-10-5-7-21(26)18-25(19)17-20-6-4-8-22(16-20)29-13-3-2-9-24-11-14-28-15-12-24;2-1-3/h4,6,8,16,19,21H,2-3,5,7,9-15,17-18H2,1H3;1H,(H,2,3)/t19-,21-;/m1./s1. The molecule has 0 radical (unpaired) electrons. The topological polar surface area (TPSA) is 82.5 Å². The van der Waals surface area contributed by atoms with E-state index in [2.05, 4.69) is 32.9 Å². The van der Waals surface area contributed by atoms with Crippen LogP contribution in [0.15, 0.2) is 24.3 Å². The molecule has 178 valence electrons. The maximum Gasteiger partial charge on any atom is 0.290 e. The van der Waals surface area contributed by atoms with Crippen molar-refractivity contribution in [3.63, 3.8) is 0 Å². The Morgan fingerprint density at radius 2 is 2.00 bits per heavy atom. The number of carbonyl (C=O) groups is 2. The average molecular weight is 448 g/mol. The smallest absolute Gasteiger partial charge is 0.290 e. The van der Waals surface area contributed by atoms with Crippen LogP contribution in [0.1, 0.15) is 38.2 Å². The van der Waals surface area contributed by atoms with Crippen LogP contribution in [-0.2, 0) is 20.9 Å². The molecule has 0 saturated carbocycles. The van der Waals surface area contributed by atoms with Gasteiger partial charge in [0.15, 0.2) is 0 Å². The first-order valence-corrected chi connectivity index (χ1v) is 11.8. The van der Waals surface area contributed by atoms with E-state index in [0.717, 1.165) is 90.5 Å². The lowest BCUT2D eigenvalue weighted by molar-refractivity contribution is -0.143. The Morgan fingerprint density at radius 1 is 1.22 bits per heavy atom. The van der Waals surface area contributed by atoms with Crippen molar-refractivity contribution in [2.45, 2.75) is 51.2 Å². The van der Waals surface area contributed by atoms with Gasteiger partial charge in [0.1, 0.15) is 5.75 Å². The normalized spacial score (nSPS) is 23.9. The number of carbonyl (C=O) groups excluding carboxylic acids is 1. The molecule has 3 fully saturated rings. The maximum absolute atomic E-state index is 12.6. The summed E-state index contributed by atoms with van der Waals surface area (Å²) >= 11 is 0. The van der Waals surface area contributed by atoms with Crippen LogP contribution in [0.5, 0.6) is 5.75 Å². The van der Waals surface area contributed by atoms with Crippen LogP contribution in [0.4, 0.5) is 0 Å². The number of morpholine rings is 1. The molecule has 32 heavy (non-hydrogen) atoms. The van der Waals surface area contributed by atoms with Crippen molar-refractivity contribution in [3.8, 4) is 5.75 Å². The molecule has 4 rings (SSSR count). The number of hydrogen-bond donors (Lipinski definition) is 1. The Balaban J connectivity index is 0.000000913. The van der Waals surface area contributed by atoms with Gasteiger partial charge in [-0.05, 0) is 56.8 Å². The van der Waals surface area contributed by atoms with Gasteiger partial charge < -0.3 is 19.5 Å². The van der Waals surface area contributed by atoms with E-state index in [4.69, 9.17) is 19.4 Å². The highest BCUT2D eigenvalue weighted by atomic mass is 16.5. The molecule has 1 N–H and O–H groups in total. The summed E-state index contributed by atoms with van der Waals surface area (Å²) in [4.78, 5) is 27.9. The minimum Gasteiger partial charge on any atom is -0.494 e. The minimum absolute atomic E-state index is 0.0332. The van der Waals surface area contributed by atoms with Crippen LogP contribution < -0.4 is 4.74 Å². The van der Waals surface area contributed by atoms with Crippen molar-refractivity contribution in [2.24, 2.45) is 0 Å². The molecule has 3 aliphatic heterocycles. The summed E-state index contributed by atoms with van der Waals surface area (Å²) in [7, 11) is 0. The van der Waals surface area contributed by atoms with Gasteiger partial charge in [-0.25, -0.2) is 0 Å². The van der Waals surface area contributed by atoms with E-state index in [1.807, 2.05) is 13.0 Å². The highest BCUT2D eigenvalue weighted by Gasteiger charge is 2.39. The molecule has 0 aromatic heterocycles. The third-order valence-electron chi connectivity index (χ3n) is 6.54. The minimum atomic E-state index is -0.250.